The van der Waals surface area contributed by atoms with E-state index in [1.54, 1.807) is 25.4 Å². The molecule has 1 aromatic heterocycles. The van der Waals surface area contributed by atoms with Gasteiger partial charge in [-0.15, -0.1) is 0 Å². The van der Waals surface area contributed by atoms with Gasteiger partial charge in [-0.05, 0) is 55.3 Å². The van der Waals surface area contributed by atoms with Crippen molar-refractivity contribution in [3.05, 3.63) is 83.6 Å². The average Bonchev–Trinajstić information content (AvgIpc) is 2.71. The first kappa shape index (κ1) is 18.5. The maximum atomic E-state index is 12.3. The predicted octanol–water partition coefficient (Wildman–Crippen LogP) is 4.11. The van der Waals surface area contributed by atoms with Crippen LogP contribution in [0.25, 0.3) is 0 Å². The first-order valence-corrected chi connectivity index (χ1v) is 8.85. The molecule has 0 bridgehead atoms. The molecule has 1 heterocycles. The van der Waals surface area contributed by atoms with Crippen LogP contribution < -0.4 is 15.4 Å². The van der Waals surface area contributed by atoms with Crippen LogP contribution >= 0.6 is 0 Å². The number of anilines is 2. The number of aromatic nitrogens is 1. The zero-order chi connectivity index (χ0) is 19.1. The normalized spacial score (nSPS) is 10.3. The van der Waals surface area contributed by atoms with Crippen LogP contribution in [-0.2, 0) is 6.42 Å². The van der Waals surface area contributed by atoms with E-state index in [-0.39, 0.29) is 5.91 Å². The molecule has 0 spiro atoms. The number of rotatable bonds is 7. The number of hydrogen-bond acceptors (Lipinski definition) is 4. The molecule has 27 heavy (non-hydrogen) atoms. The quantitative estimate of drug-likeness (QED) is 0.665. The highest BCUT2D eigenvalue weighted by atomic mass is 16.5. The smallest absolute Gasteiger partial charge is 0.252 e. The summed E-state index contributed by atoms with van der Waals surface area (Å²) in [5.74, 6) is 1.40. The van der Waals surface area contributed by atoms with Crippen LogP contribution in [0.5, 0.6) is 5.75 Å². The Morgan fingerprint density at radius 1 is 1.00 bits per heavy atom. The molecule has 5 nitrogen and oxygen atoms in total. The van der Waals surface area contributed by atoms with E-state index in [1.807, 2.05) is 55.5 Å². The van der Waals surface area contributed by atoms with Gasteiger partial charge in [0, 0.05) is 18.4 Å². The monoisotopic (exact) mass is 361 g/mol. The third-order valence-electron chi connectivity index (χ3n) is 4.21. The number of hydrogen-bond donors (Lipinski definition) is 2. The maximum Gasteiger partial charge on any atom is 0.252 e. The van der Waals surface area contributed by atoms with Crippen LogP contribution in [0.1, 0.15) is 21.5 Å². The molecule has 0 aliphatic heterocycles. The lowest BCUT2D eigenvalue weighted by Crippen LogP contribution is -2.25. The Morgan fingerprint density at radius 3 is 2.37 bits per heavy atom. The van der Waals surface area contributed by atoms with E-state index >= 15 is 0 Å². The van der Waals surface area contributed by atoms with Crippen molar-refractivity contribution in [3.8, 4) is 5.75 Å². The van der Waals surface area contributed by atoms with Crippen molar-refractivity contribution in [3.63, 3.8) is 0 Å². The van der Waals surface area contributed by atoms with Gasteiger partial charge in [0.05, 0.1) is 12.7 Å². The summed E-state index contributed by atoms with van der Waals surface area (Å²) in [5, 5.41) is 6.14. The topological polar surface area (TPSA) is 63.2 Å². The van der Waals surface area contributed by atoms with E-state index < -0.39 is 0 Å². The van der Waals surface area contributed by atoms with Gasteiger partial charge in [0.15, 0.2) is 0 Å². The van der Waals surface area contributed by atoms with Gasteiger partial charge in [0.1, 0.15) is 11.6 Å². The Bertz CT molecular complexity index is 873. The fourth-order valence-electron chi connectivity index (χ4n) is 2.60. The van der Waals surface area contributed by atoms with E-state index in [0.717, 1.165) is 23.4 Å². The zero-order valence-electron chi connectivity index (χ0n) is 15.5. The zero-order valence-corrected chi connectivity index (χ0v) is 15.5. The minimum Gasteiger partial charge on any atom is -0.497 e. The van der Waals surface area contributed by atoms with Crippen molar-refractivity contribution in [1.29, 1.82) is 0 Å². The van der Waals surface area contributed by atoms with E-state index in [1.165, 1.54) is 5.56 Å². The molecule has 0 aliphatic rings. The molecule has 0 aliphatic carbocycles. The maximum absolute atomic E-state index is 12.3. The molecule has 5 heteroatoms. The minimum absolute atomic E-state index is 0.127. The summed E-state index contributed by atoms with van der Waals surface area (Å²) in [5.41, 5.74) is 3.85. The fourth-order valence-corrected chi connectivity index (χ4v) is 2.60. The molecular formula is C22H23N3O2. The summed E-state index contributed by atoms with van der Waals surface area (Å²) in [6, 6.07) is 19.5. The number of carbonyl (C=O) groups excluding carboxylic acids is 1. The Hall–Kier alpha value is -3.34. The van der Waals surface area contributed by atoms with Crippen LogP contribution in [0.2, 0.25) is 0 Å². The van der Waals surface area contributed by atoms with Gasteiger partial charge < -0.3 is 15.4 Å². The number of carbonyl (C=O) groups is 1. The van der Waals surface area contributed by atoms with Crippen LogP contribution in [-0.4, -0.2) is 24.5 Å². The van der Waals surface area contributed by atoms with Crippen LogP contribution in [0.4, 0.5) is 11.5 Å². The number of benzene rings is 2. The van der Waals surface area contributed by atoms with Gasteiger partial charge >= 0.3 is 0 Å². The molecule has 3 rings (SSSR count). The Balaban J connectivity index is 1.50. The molecule has 0 radical (unpaired) electrons. The molecule has 0 fully saturated rings. The number of aryl methyl sites for hydroxylation is 1. The van der Waals surface area contributed by atoms with Gasteiger partial charge in [0.25, 0.3) is 5.91 Å². The van der Waals surface area contributed by atoms with E-state index in [0.29, 0.717) is 17.9 Å². The second-order valence-electron chi connectivity index (χ2n) is 6.28. The number of methoxy groups -OCH3 is 1. The Kier molecular flexibility index (Phi) is 6.05. The van der Waals surface area contributed by atoms with Gasteiger partial charge in [-0.1, -0.05) is 29.8 Å². The van der Waals surface area contributed by atoms with Gasteiger partial charge in [-0.25, -0.2) is 4.98 Å². The second kappa shape index (κ2) is 8.85. The summed E-state index contributed by atoms with van der Waals surface area (Å²) in [4.78, 5) is 16.6. The van der Waals surface area contributed by atoms with Crippen molar-refractivity contribution >= 4 is 17.4 Å². The number of pyridine rings is 1. The van der Waals surface area contributed by atoms with Gasteiger partial charge in [-0.3, -0.25) is 4.79 Å². The van der Waals surface area contributed by atoms with Crippen molar-refractivity contribution in [1.82, 2.24) is 10.3 Å². The SMILES string of the molecule is COc1ccc(CCNC(=O)c2ccc(Nc3ccc(C)cc3)nc2)cc1. The lowest BCUT2D eigenvalue weighted by atomic mass is 10.1. The highest BCUT2D eigenvalue weighted by molar-refractivity contribution is 5.94. The largest absolute Gasteiger partial charge is 0.497 e. The first-order valence-electron chi connectivity index (χ1n) is 8.85. The molecule has 0 saturated heterocycles. The number of nitrogens with one attached hydrogen (secondary N) is 2. The van der Waals surface area contributed by atoms with Crippen molar-refractivity contribution in [2.75, 3.05) is 19.0 Å². The van der Waals surface area contributed by atoms with Crippen molar-refractivity contribution in [2.24, 2.45) is 0 Å². The molecule has 2 aromatic carbocycles. The lowest BCUT2D eigenvalue weighted by Gasteiger charge is -2.08. The van der Waals surface area contributed by atoms with Crippen LogP contribution in [0.3, 0.4) is 0 Å². The molecule has 1 amide bonds. The van der Waals surface area contributed by atoms with E-state index in [2.05, 4.69) is 15.6 Å². The van der Waals surface area contributed by atoms with Crippen LogP contribution in [0, 0.1) is 6.92 Å². The first-order chi connectivity index (χ1) is 13.1. The minimum atomic E-state index is -0.127. The Morgan fingerprint density at radius 2 is 1.74 bits per heavy atom. The summed E-state index contributed by atoms with van der Waals surface area (Å²) in [6.07, 6.45) is 2.34. The molecule has 2 N–H and O–H groups in total. The third-order valence-corrected chi connectivity index (χ3v) is 4.21. The molecule has 0 saturated carbocycles. The molecule has 3 aromatic rings. The number of nitrogens with zero attached hydrogens (tertiary/aromatic N) is 1. The highest BCUT2D eigenvalue weighted by Crippen LogP contribution is 2.15. The van der Waals surface area contributed by atoms with E-state index in [4.69, 9.17) is 4.74 Å². The average molecular weight is 361 g/mol. The lowest BCUT2D eigenvalue weighted by molar-refractivity contribution is 0.0954. The van der Waals surface area contributed by atoms with Crippen LogP contribution in [0.15, 0.2) is 66.9 Å². The van der Waals surface area contributed by atoms with Gasteiger partial charge in [0.2, 0.25) is 0 Å². The summed E-state index contributed by atoms with van der Waals surface area (Å²) >= 11 is 0. The molecule has 0 unspecified atom stereocenters. The third kappa shape index (κ3) is 5.31. The Labute approximate surface area is 159 Å². The van der Waals surface area contributed by atoms with Gasteiger partial charge in [-0.2, -0.15) is 0 Å². The molecule has 138 valence electrons. The fraction of sp³-hybridized carbons (Fsp3) is 0.182. The summed E-state index contributed by atoms with van der Waals surface area (Å²) in [6.45, 7) is 2.61. The van der Waals surface area contributed by atoms with E-state index in [9.17, 15) is 4.79 Å². The van der Waals surface area contributed by atoms with Crippen molar-refractivity contribution in [2.45, 2.75) is 13.3 Å². The molecular weight excluding hydrogens is 338 g/mol. The number of amides is 1. The standard InChI is InChI=1S/C22H23N3O2/c1-16-3-8-19(9-4-16)25-21-12-7-18(15-24-21)22(26)23-14-13-17-5-10-20(27-2)11-6-17/h3-12,15H,13-14H2,1-2H3,(H,23,26)(H,24,25). The number of ether oxygens (including phenoxy) is 1. The highest BCUT2D eigenvalue weighted by Gasteiger charge is 2.06. The summed E-state index contributed by atoms with van der Waals surface area (Å²) < 4.78 is 5.14. The van der Waals surface area contributed by atoms with Crippen molar-refractivity contribution < 1.29 is 9.53 Å². The second-order valence-corrected chi connectivity index (χ2v) is 6.28. The molecule has 0 atom stereocenters. The summed E-state index contributed by atoms with van der Waals surface area (Å²) in [7, 11) is 1.64. The predicted molar refractivity (Wildman–Crippen MR) is 108 cm³/mol.